The average Bonchev–Trinajstić information content (AvgIpc) is 2.60. The van der Waals surface area contributed by atoms with E-state index in [9.17, 15) is 4.79 Å². The van der Waals surface area contributed by atoms with E-state index in [0.717, 1.165) is 5.75 Å². The second kappa shape index (κ2) is 8.04. The van der Waals surface area contributed by atoms with Gasteiger partial charge in [0, 0.05) is 17.9 Å². The van der Waals surface area contributed by atoms with E-state index in [2.05, 4.69) is 24.0 Å². The summed E-state index contributed by atoms with van der Waals surface area (Å²) in [7, 11) is 1.62. The lowest BCUT2D eigenvalue weighted by Gasteiger charge is -2.13. The summed E-state index contributed by atoms with van der Waals surface area (Å²) in [5, 5.41) is 1.82. The normalized spacial score (nSPS) is 11.2. The summed E-state index contributed by atoms with van der Waals surface area (Å²) in [5.74, 6) is 0.748. The smallest absolute Gasteiger partial charge is 0.262 e. The van der Waals surface area contributed by atoms with Crippen molar-refractivity contribution in [3.63, 3.8) is 0 Å². The van der Waals surface area contributed by atoms with Gasteiger partial charge in [0.05, 0.1) is 24.1 Å². The van der Waals surface area contributed by atoms with Crippen LogP contribution in [0.15, 0.2) is 52.4 Å². The van der Waals surface area contributed by atoms with Crippen molar-refractivity contribution < 1.29 is 4.74 Å². The van der Waals surface area contributed by atoms with Gasteiger partial charge in [0.25, 0.3) is 5.56 Å². The number of ether oxygens (including phenoxy) is 1. The van der Waals surface area contributed by atoms with Crippen LogP contribution in [0.3, 0.4) is 0 Å². The molecule has 0 spiro atoms. The third-order valence-corrected chi connectivity index (χ3v) is 5.28. The summed E-state index contributed by atoms with van der Waals surface area (Å²) in [6.45, 7) is 3.01. The molecule has 0 bridgehead atoms. The zero-order chi connectivity index (χ0) is 17.8. The maximum Gasteiger partial charge on any atom is 0.262 e. The minimum Gasteiger partial charge on any atom is -0.383 e. The molecule has 0 saturated carbocycles. The molecule has 0 N–H and O–H groups in total. The van der Waals surface area contributed by atoms with Crippen LogP contribution < -0.4 is 5.56 Å². The molecular formula is C19H19ClN2O2S. The molecule has 25 heavy (non-hydrogen) atoms. The number of halogens is 1. The lowest BCUT2D eigenvalue weighted by Crippen LogP contribution is -2.25. The third-order valence-electron chi connectivity index (χ3n) is 4.02. The fourth-order valence-electron chi connectivity index (χ4n) is 2.58. The van der Waals surface area contributed by atoms with Crippen molar-refractivity contribution in [3.05, 3.63) is 69.0 Å². The van der Waals surface area contributed by atoms with Crippen LogP contribution in [0.5, 0.6) is 0 Å². The van der Waals surface area contributed by atoms with E-state index >= 15 is 0 Å². The predicted molar refractivity (Wildman–Crippen MR) is 104 cm³/mol. The van der Waals surface area contributed by atoms with Crippen LogP contribution >= 0.6 is 23.4 Å². The number of aromatic nitrogens is 2. The maximum absolute atomic E-state index is 12.9. The third kappa shape index (κ3) is 4.06. The summed E-state index contributed by atoms with van der Waals surface area (Å²) in [5.41, 5.74) is 3.01. The minimum absolute atomic E-state index is 0.0639. The number of fused-ring (bicyclic) bond motifs is 1. The van der Waals surface area contributed by atoms with Crippen LogP contribution in [0.1, 0.15) is 11.1 Å². The van der Waals surface area contributed by atoms with Gasteiger partial charge in [0.15, 0.2) is 5.16 Å². The lowest BCUT2D eigenvalue weighted by molar-refractivity contribution is 0.183. The van der Waals surface area contributed by atoms with Gasteiger partial charge in [0.1, 0.15) is 0 Å². The van der Waals surface area contributed by atoms with E-state index in [4.69, 9.17) is 16.3 Å². The number of benzene rings is 2. The van der Waals surface area contributed by atoms with Gasteiger partial charge in [0.2, 0.25) is 0 Å². The molecule has 0 unspecified atom stereocenters. The van der Waals surface area contributed by atoms with Crippen LogP contribution in [0, 0.1) is 6.92 Å². The molecule has 0 radical (unpaired) electrons. The summed E-state index contributed by atoms with van der Waals surface area (Å²) in [4.78, 5) is 17.5. The summed E-state index contributed by atoms with van der Waals surface area (Å²) in [6, 6.07) is 13.4. The Morgan fingerprint density at radius 1 is 1.24 bits per heavy atom. The van der Waals surface area contributed by atoms with Crippen molar-refractivity contribution in [2.45, 2.75) is 24.4 Å². The molecular weight excluding hydrogens is 356 g/mol. The largest absolute Gasteiger partial charge is 0.383 e. The Morgan fingerprint density at radius 2 is 2.04 bits per heavy atom. The first-order valence-electron chi connectivity index (χ1n) is 7.96. The quantitative estimate of drug-likeness (QED) is 0.476. The van der Waals surface area contributed by atoms with Gasteiger partial charge in [-0.1, -0.05) is 47.6 Å². The molecule has 2 aromatic carbocycles. The van der Waals surface area contributed by atoms with Gasteiger partial charge in [-0.2, -0.15) is 0 Å². The number of methoxy groups -OCH3 is 1. The highest BCUT2D eigenvalue weighted by Crippen LogP contribution is 2.24. The average molecular weight is 375 g/mol. The number of aryl methyl sites for hydroxylation is 1. The van der Waals surface area contributed by atoms with E-state index in [-0.39, 0.29) is 5.56 Å². The molecule has 0 saturated heterocycles. The molecule has 4 nitrogen and oxygen atoms in total. The molecule has 0 aliphatic rings. The molecule has 130 valence electrons. The highest BCUT2D eigenvalue weighted by atomic mass is 35.5. The van der Waals surface area contributed by atoms with E-state index in [1.165, 1.54) is 11.1 Å². The number of nitrogens with zero attached hydrogens (tertiary/aromatic N) is 2. The predicted octanol–water partition coefficient (Wildman–Crippen LogP) is 4.30. The van der Waals surface area contributed by atoms with Gasteiger partial charge in [-0.15, -0.1) is 0 Å². The van der Waals surface area contributed by atoms with E-state index < -0.39 is 0 Å². The van der Waals surface area contributed by atoms with Gasteiger partial charge in [-0.05, 0) is 36.2 Å². The SMILES string of the molecule is COCCn1c(SCc2ccccc2C)nc2cc(Cl)ccc2c1=O. The first-order chi connectivity index (χ1) is 12.1. The van der Waals surface area contributed by atoms with Crippen LogP contribution in [0.2, 0.25) is 5.02 Å². The van der Waals surface area contributed by atoms with Crippen LogP contribution in [0.4, 0.5) is 0 Å². The summed E-state index contributed by atoms with van der Waals surface area (Å²) in [6.07, 6.45) is 0. The molecule has 1 aromatic heterocycles. The van der Waals surface area contributed by atoms with Crippen molar-refractivity contribution in [3.8, 4) is 0 Å². The maximum atomic E-state index is 12.9. The van der Waals surface area contributed by atoms with Gasteiger partial charge in [-0.25, -0.2) is 4.98 Å². The Bertz CT molecular complexity index is 956. The molecule has 3 aromatic rings. The van der Waals surface area contributed by atoms with E-state index in [1.54, 1.807) is 41.6 Å². The molecule has 0 fully saturated rings. The Balaban J connectivity index is 2.01. The monoisotopic (exact) mass is 374 g/mol. The topological polar surface area (TPSA) is 44.1 Å². The van der Waals surface area contributed by atoms with Crippen LogP contribution in [0.25, 0.3) is 10.9 Å². The first-order valence-corrected chi connectivity index (χ1v) is 9.33. The van der Waals surface area contributed by atoms with E-state index in [1.807, 2.05) is 12.1 Å². The van der Waals surface area contributed by atoms with Crippen molar-refractivity contribution >= 4 is 34.3 Å². The van der Waals surface area contributed by atoms with Crippen molar-refractivity contribution in [1.29, 1.82) is 0 Å². The van der Waals surface area contributed by atoms with E-state index in [0.29, 0.717) is 34.2 Å². The lowest BCUT2D eigenvalue weighted by atomic mass is 10.1. The number of hydrogen-bond donors (Lipinski definition) is 0. The second-order valence-corrected chi connectivity index (χ2v) is 7.10. The standard InChI is InChI=1S/C19H19ClN2O2S/c1-13-5-3-4-6-14(13)12-25-19-21-17-11-15(20)7-8-16(17)18(23)22(19)9-10-24-2/h3-8,11H,9-10,12H2,1-2H3. The molecule has 0 aliphatic heterocycles. The van der Waals surface area contributed by atoms with Crippen molar-refractivity contribution in [2.75, 3.05) is 13.7 Å². The molecule has 3 rings (SSSR count). The minimum atomic E-state index is -0.0639. The number of rotatable bonds is 6. The first kappa shape index (κ1) is 18.0. The fraction of sp³-hybridized carbons (Fsp3) is 0.263. The zero-order valence-electron chi connectivity index (χ0n) is 14.2. The summed E-state index contributed by atoms with van der Waals surface area (Å²) >= 11 is 7.62. The summed E-state index contributed by atoms with van der Waals surface area (Å²) < 4.78 is 6.83. The fourth-order valence-corrected chi connectivity index (χ4v) is 3.85. The number of thioether (sulfide) groups is 1. The van der Waals surface area contributed by atoms with Crippen LogP contribution in [-0.4, -0.2) is 23.3 Å². The molecule has 0 amide bonds. The molecule has 6 heteroatoms. The molecule has 1 heterocycles. The van der Waals surface area contributed by atoms with Gasteiger partial charge in [-0.3, -0.25) is 9.36 Å². The van der Waals surface area contributed by atoms with Gasteiger partial charge < -0.3 is 4.74 Å². The Morgan fingerprint density at radius 3 is 2.80 bits per heavy atom. The van der Waals surface area contributed by atoms with Gasteiger partial charge >= 0.3 is 0 Å². The second-order valence-electron chi connectivity index (χ2n) is 5.72. The molecule has 0 atom stereocenters. The highest BCUT2D eigenvalue weighted by Gasteiger charge is 2.12. The number of hydrogen-bond acceptors (Lipinski definition) is 4. The molecule has 0 aliphatic carbocycles. The Kier molecular flexibility index (Phi) is 5.78. The Labute approximate surface area is 155 Å². The van der Waals surface area contributed by atoms with Crippen LogP contribution in [-0.2, 0) is 17.0 Å². The highest BCUT2D eigenvalue weighted by molar-refractivity contribution is 7.98. The Hall–Kier alpha value is -1.82. The van der Waals surface area contributed by atoms with Crippen molar-refractivity contribution in [1.82, 2.24) is 9.55 Å². The zero-order valence-corrected chi connectivity index (χ0v) is 15.7. The van der Waals surface area contributed by atoms with Crippen molar-refractivity contribution in [2.24, 2.45) is 0 Å².